The van der Waals surface area contributed by atoms with Crippen molar-refractivity contribution in [2.24, 2.45) is 5.73 Å². The van der Waals surface area contributed by atoms with Crippen LogP contribution in [-0.4, -0.2) is 9.97 Å². The highest BCUT2D eigenvalue weighted by Gasteiger charge is 2.06. The number of para-hydroxylation sites is 1. The van der Waals surface area contributed by atoms with Gasteiger partial charge in [0.2, 0.25) is 0 Å². The highest BCUT2D eigenvalue weighted by molar-refractivity contribution is 5.82. The van der Waals surface area contributed by atoms with Crippen molar-refractivity contribution in [3.63, 3.8) is 0 Å². The van der Waals surface area contributed by atoms with Gasteiger partial charge in [-0.3, -0.25) is 0 Å². The zero-order valence-corrected chi connectivity index (χ0v) is 10.3. The van der Waals surface area contributed by atoms with Crippen molar-refractivity contribution in [2.75, 3.05) is 0 Å². The quantitative estimate of drug-likeness (QED) is 0.720. The van der Waals surface area contributed by atoms with Crippen LogP contribution in [0.25, 0.3) is 22.4 Å². The second-order valence-electron chi connectivity index (χ2n) is 4.46. The Bertz CT molecular complexity index is 681. The minimum atomic E-state index is 0.569. The average Bonchev–Trinajstić information content (AvgIpc) is 2.84. The maximum absolute atomic E-state index is 5.60. The lowest BCUT2D eigenvalue weighted by Crippen LogP contribution is -1.95. The molecule has 3 aromatic rings. The number of aromatic amines is 1. The molecule has 0 amide bonds. The summed E-state index contributed by atoms with van der Waals surface area (Å²) in [7, 11) is 0. The van der Waals surface area contributed by atoms with Crippen LogP contribution in [0.4, 0.5) is 0 Å². The number of hydrogen-bond acceptors (Lipinski definition) is 2. The third kappa shape index (κ3) is 1.79. The van der Waals surface area contributed by atoms with Crippen LogP contribution in [0.1, 0.15) is 11.1 Å². The molecule has 0 aliphatic carbocycles. The van der Waals surface area contributed by atoms with Gasteiger partial charge in [-0.2, -0.15) is 0 Å². The van der Waals surface area contributed by atoms with Gasteiger partial charge < -0.3 is 10.7 Å². The first-order valence-corrected chi connectivity index (χ1v) is 6.02. The van der Waals surface area contributed by atoms with E-state index in [-0.39, 0.29) is 0 Å². The molecule has 90 valence electrons. The van der Waals surface area contributed by atoms with E-state index in [2.05, 4.69) is 35.1 Å². The van der Waals surface area contributed by atoms with E-state index in [0.717, 1.165) is 28.0 Å². The fourth-order valence-electron chi connectivity index (χ4n) is 2.11. The number of imidazole rings is 1. The molecule has 0 saturated carbocycles. The monoisotopic (exact) mass is 237 g/mol. The smallest absolute Gasteiger partial charge is 0.138 e. The molecule has 3 nitrogen and oxygen atoms in total. The maximum atomic E-state index is 5.60. The largest absolute Gasteiger partial charge is 0.338 e. The summed E-state index contributed by atoms with van der Waals surface area (Å²) in [6.45, 7) is 2.64. The molecular weight excluding hydrogens is 222 g/mol. The average molecular weight is 237 g/mol. The Morgan fingerprint density at radius 3 is 2.56 bits per heavy atom. The van der Waals surface area contributed by atoms with E-state index in [9.17, 15) is 0 Å². The van der Waals surface area contributed by atoms with E-state index in [1.807, 2.05) is 24.3 Å². The van der Waals surface area contributed by atoms with Crippen molar-refractivity contribution in [3.05, 3.63) is 53.6 Å². The van der Waals surface area contributed by atoms with Crippen LogP contribution in [-0.2, 0) is 6.54 Å². The van der Waals surface area contributed by atoms with Crippen molar-refractivity contribution in [3.8, 4) is 11.4 Å². The van der Waals surface area contributed by atoms with Crippen molar-refractivity contribution in [1.29, 1.82) is 0 Å². The summed E-state index contributed by atoms with van der Waals surface area (Å²) in [5, 5.41) is 0. The van der Waals surface area contributed by atoms with Crippen LogP contribution < -0.4 is 5.73 Å². The molecule has 0 aliphatic heterocycles. The van der Waals surface area contributed by atoms with Crippen LogP contribution in [0.3, 0.4) is 0 Å². The van der Waals surface area contributed by atoms with Gasteiger partial charge in [-0.1, -0.05) is 36.4 Å². The van der Waals surface area contributed by atoms with Gasteiger partial charge in [0, 0.05) is 12.1 Å². The number of nitrogens with two attached hydrogens (primary N) is 1. The fraction of sp³-hybridized carbons (Fsp3) is 0.133. The maximum Gasteiger partial charge on any atom is 0.138 e. The van der Waals surface area contributed by atoms with E-state index in [1.165, 1.54) is 5.56 Å². The van der Waals surface area contributed by atoms with E-state index in [0.29, 0.717) is 6.54 Å². The number of H-pyrrole nitrogens is 1. The first kappa shape index (κ1) is 11.0. The molecule has 0 unspecified atom stereocenters. The second kappa shape index (κ2) is 4.27. The van der Waals surface area contributed by atoms with Gasteiger partial charge in [-0.15, -0.1) is 0 Å². The number of aromatic nitrogens is 2. The lowest BCUT2D eigenvalue weighted by molar-refractivity contribution is 1.07. The zero-order chi connectivity index (χ0) is 12.5. The van der Waals surface area contributed by atoms with Crippen LogP contribution in [0.2, 0.25) is 0 Å². The summed E-state index contributed by atoms with van der Waals surface area (Å²) in [6, 6.07) is 14.3. The molecule has 3 rings (SSSR count). The Balaban J connectivity index is 2.10. The van der Waals surface area contributed by atoms with Crippen LogP contribution in [0.5, 0.6) is 0 Å². The van der Waals surface area contributed by atoms with Gasteiger partial charge in [0.05, 0.1) is 11.0 Å². The molecule has 1 heterocycles. The Morgan fingerprint density at radius 1 is 1.11 bits per heavy atom. The summed E-state index contributed by atoms with van der Waals surface area (Å²) in [5.41, 5.74) is 11.1. The van der Waals surface area contributed by atoms with Gasteiger partial charge in [0.25, 0.3) is 0 Å². The summed E-state index contributed by atoms with van der Waals surface area (Å²) in [4.78, 5) is 8.00. The third-order valence-corrected chi connectivity index (χ3v) is 3.18. The number of nitrogens with zero attached hydrogens (tertiary/aromatic N) is 1. The van der Waals surface area contributed by atoms with Gasteiger partial charge in [0.15, 0.2) is 0 Å². The van der Waals surface area contributed by atoms with Gasteiger partial charge >= 0.3 is 0 Å². The Kier molecular flexibility index (Phi) is 2.61. The van der Waals surface area contributed by atoms with E-state index < -0.39 is 0 Å². The van der Waals surface area contributed by atoms with Gasteiger partial charge in [-0.25, -0.2) is 4.98 Å². The number of aryl methyl sites for hydroxylation is 1. The second-order valence-corrected chi connectivity index (χ2v) is 4.46. The molecule has 1 aromatic heterocycles. The fourth-order valence-corrected chi connectivity index (χ4v) is 2.11. The van der Waals surface area contributed by atoms with E-state index in [4.69, 9.17) is 5.73 Å². The number of rotatable bonds is 2. The first-order chi connectivity index (χ1) is 8.78. The van der Waals surface area contributed by atoms with Crippen LogP contribution in [0.15, 0.2) is 42.5 Å². The van der Waals surface area contributed by atoms with Crippen molar-refractivity contribution in [1.82, 2.24) is 9.97 Å². The van der Waals surface area contributed by atoms with Crippen molar-refractivity contribution < 1.29 is 0 Å². The molecule has 0 radical (unpaired) electrons. The first-order valence-electron chi connectivity index (χ1n) is 6.02. The van der Waals surface area contributed by atoms with Crippen molar-refractivity contribution >= 4 is 11.0 Å². The van der Waals surface area contributed by atoms with Crippen molar-refractivity contribution in [2.45, 2.75) is 13.5 Å². The third-order valence-electron chi connectivity index (χ3n) is 3.18. The minimum Gasteiger partial charge on any atom is -0.338 e. The Labute approximate surface area is 106 Å². The van der Waals surface area contributed by atoms with Crippen LogP contribution in [0, 0.1) is 6.92 Å². The van der Waals surface area contributed by atoms with Crippen LogP contribution >= 0.6 is 0 Å². The number of nitrogens with one attached hydrogen (secondary N) is 1. The number of hydrogen-bond donors (Lipinski definition) is 2. The molecule has 0 atom stereocenters. The predicted molar refractivity (Wildman–Crippen MR) is 74.2 cm³/mol. The molecule has 0 fully saturated rings. The molecule has 3 N–H and O–H groups in total. The molecule has 2 aromatic carbocycles. The Hall–Kier alpha value is -2.13. The van der Waals surface area contributed by atoms with E-state index in [1.54, 1.807) is 0 Å². The molecule has 3 heteroatoms. The molecule has 0 spiro atoms. The topological polar surface area (TPSA) is 54.7 Å². The van der Waals surface area contributed by atoms with Gasteiger partial charge in [-0.05, 0) is 24.1 Å². The molecule has 0 saturated heterocycles. The highest BCUT2D eigenvalue weighted by Crippen LogP contribution is 2.22. The van der Waals surface area contributed by atoms with Gasteiger partial charge in [0.1, 0.15) is 5.82 Å². The van der Waals surface area contributed by atoms with E-state index >= 15 is 0 Å². The standard InChI is InChI=1S/C15H15N3/c1-10-3-2-4-13-14(10)18-15(17-13)12-7-5-11(9-16)6-8-12/h2-8H,9,16H2,1H3,(H,17,18). The Morgan fingerprint density at radius 2 is 1.89 bits per heavy atom. The summed E-state index contributed by atoms with van der Waals surface area (Å²) >= 11 is 0. The normalized spacial score (nSPS) is 11.0. The molecular formula is C15H15N3. The minimum absolute atomic E-state index is 0.569. The summed E-state index contributed by atoms with van der Waals surface area (Å²) < 4.78 is 0. The number of fused-ring (bicyclic) bond motifs is 1. The molecule has 18 heavy (non-hydrogen) atoms. The zero-order valence-electron chi connectivity index (χ0n) is 10.3. The highest BCUT2D eigenvalue weighted by atomic mass is 14.9. The number of benzene rings is 2. The SMILES string of the molecule is Cc1cccc2[nH]c(-c3ccc(CN)cc3)nc12. The lowest BCUT2D eigenvalue weighted by Gasteiger charge is -1.98. The summed E-state index contributed by atoms with van der Waals surface area (Å²) in [6.07, 6.45) is 0. The molecule has 0 aliphatic rings. The molecule has 0 bridgehead atoms. The summed E-state index contributed by atoms with van der Waals surface area (Å²) in [5.74, 6) is 0.905. The lowest BCUT2D eigenvalue weighted by atomic mass is 10.1. The predicted octanol–water partition coefficient (Wildman–Crippen LogP) is 3.00.